The average Bonchev–Trinajstić information content (AvgIpc) is 3.42. The number of hydrogen-bond acceptors (Lipinski definition) is 5. The van der Waals surface area contributed by atoms with Crippen molar-refractivity contribution in [2.24, 2.45) is 0 Å². The molecule has 1 aliphatic rings. The molecule has 0 aliphatic carbocycles. The molecule has 1 saturated heterocycles. The van der Waals surface area contributed by atoms with E-state index in [1.807, 2.05) is 62.4 Å². The lowest BCUT2D eigenvalue weighted by Gasteiger charge is -2.20. The maximum atomic E-state index is 13.6. The lowest BCUT2D eigenvalue weighted by Crippen LogP contribution is -2.21. The molecule has 4 rings (SSSR count). The second kappa shape index (κ2) is 10.4. The monoisotopic (exact) mass is 465 g/mol. The van der Waals surface area contributed by atoms with Gasteiger partial charge in [-0.25, -0.2) is 4.98 Å². The number of rotatable bonds is 8. The van der Waals surface area contributed by atoms with Gasteiger partial charge in [-0.1, -0.05) is 48.2 Å². The molecule has 2 atom stereocenters. The van der Waals surface area contributed by atoms with Gasteiger partial charge in [0.25, 0.3) is 0 Å². The predicted octanol–water partition coefficient (Wildman–Crippen LogP) is 5.47. The van der Waals surface area contributed by atoms with Crippen LogP contribution >= 0.6 is 11.8 Å². The van der Waals surface area contributed by atoms with Gasteiger partial charge in [0.15, 0.2) is 5.16 Å². The number of methoxy groups -OCH3 is 1. The number of imidazole rings is 1. The van der Waals surface area contributed by atoms with Crippen molar-refractivity contribution in [3.8, 4) is 5.75 Å². The van der Waals surface area contributed by atoms with Gasteiger partial charge in [0.05, 0.1) is 31.1 Å². The molecular formula is C26H31N3O3S. The molecule has 6 nitrogen and oxygen atoms in total. The van der Waals surface area contributed by atoms with Crippen LogP contribution < -0.4 is 10.1 Å². The number of carbonyl (C=O) groups is 1. The minimum absolute atomic E-state index is 0.114. The van der Waals surface area contributed by atoms with Crippen molar-refractivity contribution in [1.29, 1.82) is 0 Å². The van der Waals surface area contributed by atoms with E-state index >= 15 is 0 Å². The van der Waals surface area contributed by atoms with E-state index in [-0.39, 0.29) is 12.0 Å². The molecule has 2 heterocycles. The number of benzene rings is 2. The minimum Gasteiger partial charge on any atom is -0.495 e. The van der Waals surface area contributed by atoms with Crippen LogP contribution in [0.4, 0.5) is 5.69 Å². The molecule has 1 amide bonds. The molecule has 2 unspecified atom stereocenters. The highest BCUT2D eigenvalue weighted by Gasteiger charge is 2.27. The van der Waals surface area contributed by atoms with Crippen molar-refractivity contribution < 1.29 is 14.3 Å². The summed E-state index contributed by atoms with van der Waals surface area (Å²) >= 11 is 1.48. The number of carbonyl (C=O) groups excluding carboxylic acids is 1. The number of anilines is 1. The third-order valence-electron chi connectivity index (χ3n) is 6.01. The number of ether oxygens (including phenoxy) is 2. The van der Waals surface area contributed by atoms with Crippen LogP contribution in [0, 0.1) is 20.8 Å². The Morgan fingerprint density at radius 2 is 2.03 bits per heavy atom. The number of aromatic nitrogens is 2. The van der Waals surface area contributed by atoms with E-state index in [1.54, 1.807) is 7.11 Å². The molecule has 0 radical (unpaired) electrons. The first-order valence-electron chi connectivity index (χ1n) is 11.3. The van der Waals surface area contributed by atoms with Gasteiger partial charge in [0.2, 0.25) is 5.91 Å². The van der Waals surface area contributed by atoms with Gasteiger partial charge in [-0.3, -0.25) is 4.79 Å². The summed E-state index contributed by atoms with van der Waals surface area (Å²) in [7, 11) is 1.61. The first-order valence-corrected chi connectivity index (χ1v) is 12.2. The van der Waals surface area contributed by atoms with E-state index < -0.39 is 5.25 Å². The predicted molar refractivity (Wildman–Crippen MR) is 132 cm³/mol. The van der Waals surface area contributed by atoms with E-state index in [2.05, 4.69) is 16.8 Å². The summed E-state index contributed by atoms with van der Waals surface area (Å²) in [5.74, 6) is 0.523. The number of nitrogens with zero attached hydrogens (tertiary/aromatic N) is 2. The third-order valence-corrected chi connectivity index (χ3v) is 7.25. The molecule has 1 fully saturated rings. The van der Waals surface area contributed by atoms with Gasteiger partial charge in [-0.2, -0.15) is 0 Å². The van der Waals surface area contributed by atoms with Crippen LogP contribution in [0.25, 0.3) is 0 Å². The highest BCUT2D eigenvalue weighted by atomic mass is 32.2. The van der Waals surface area contributed by atoms with Gasteiger partial charge >= 0.3 is 0 Å². The smallest absolute Gasteiger partial charge is 0.242 e. The first-order chi connectivity index (χ1) is 16.0. The van der Waals surface area contributed by atoms with Gasteiger partial charge in [-0.15, -0.1) is 0 Å². The minimum atomic E-state index is -0.471. The third kappa shape index (κ3) is 5.42. The first kappa shape index (κ1) is 23.4. The van der Waals surface area contributed by atoms with Crippen molar-refractivity contribution in [2.75, 3.05) is 19.0 Å². The van der Waals surface area contributed by atoms with E-state index in [1.165, 1.54) is 11.8 Å². The van der Waals surface area contributed by atoms with Crippen LogP contribution in [0.3, 0.4) is 0 Å². The Labute approximate surface area is 199 Å². The molecule has 2 aromatic carbocycles. The summed E-state index contributed by atoms with van der Waals surface area (Å²) in [6.45, 7) is 7.65. The standard InChI is InChI=1S/C26H31N3O3S/c1-17-12-13-23(31-4)22(15-17)28-25(30)24(20-9-6-5-7-10-20)33-26-27-18(2)19(3)29(26)16-21-11-8-14-32-21/h5-7,9-10,12-13,15,21,24H,8,11,14,16H2,1-4H3,(H,28,30). The molecule has 33 heavy (non-hydrogen) atoms. The molecule has 1 aliphatic heterocycles. The van der Waals surface area contributed by atoms with Gasteiger partial charge in [0, 0.05) is 12.3 Å². The fraction of sp³-hybridized carbons (Fsp3) is 0.385. The number of aryl methyl sites for hydroxylation is 2. The van der Waals surface area contributed by atoms with Crippen LogP contribution in [0.1, 0.15) is 40.6 Å². The highest BCUT2D eigenvalue weighted by Crippen LogP contribution is 2.38. The van der Waals surface area contributed by atoms with Crippen molar-refractivity contribution in [3.05, 3.63) is 71.0 Å². The number of hydrogen-bond donors (Lipinski definition) is 1. The number of thioether (sulfide) groups is 1. The lowest BCUT2D eigenvalue weighted by atomic mass is 10.1. The molecule has 7 heteroatoms. The van der Waals surface area contributed by atoms with Crippen molar-refractivity contribution in [3.63, 3.8) is 0 Å². The Balaban J connectivity index is 1.65. The number of nitrogens with one attached hydrogen (secondary N) is 1. The van der Waals surface area contributed by atoms with Crippen LogP contribution in [0.5, 0.6) is 5.75 Å². The summed E-state index contributed by atoms with van der Waals surface area (Å²) in [5.41, 5.74) is 4.73. The van der Waals surface area contributed by atoms with Gasteiger partial charge in [0.1, 0.15) is 11.0 Å². The topological polar surface area (TPSA) is 65.4 Å². The quantitative estimate of drug-likeness (QED) is 0.447. The van der Waals surface area contributed by atoms with E-state index in [4.69, 9.17) is 14.5 Å². The van der Waals surface area contributed by atoms with Crippen molar-refractivity contribution >= 4 is 23.4 Å². The molecule has 0 spiro atoms. The zero-order chi connectivity index (χ0) is 23.4. The Morgan fingerprint density at radius 1 is 1.24 bits per heavy atom. The summed E-state index contributed by atoms with van der Waals surface area (Å²) in [4.78, 5) is 18.4. The van der Waals surface area contributed by atoms with E-state index in [9.17, 15) is 4.79 Å². The normalized spacial score (nSPS) is 16.5. The SMILES string of the molecule is COc1ccc(C)cc1NC(=O)C(Sc1nc(C)c(C)n1CC1CCCO1)c1ccccc1. The second-order valence-electron chi connectivity index (χ2n) is 8.41. The van der Waals surface area contributed by atoms with Crippen LogP contribution in [0.15, 0.2) is 53.7 Å². The molecule has 0 saturated carbocycles. The van der Waals surface area contributed by atoms with Crippen molar-refractivity contribution in [2.45, 2.75) is 56.7 Å². The van der Waals surface area contributed by atoms with E-state index in [0.29, 0.717) is 11.4 Å². The molecular weight excluding hydrogens is 434 g/mol. The van der Waals surface area contributed by atoms with Crippen LogP contribution in [-0.4, -0.2) is 35.3 Å². The Kier molecular flexibility index (Phi) is 7.40. The molecule has 3 aromatic rings. The Morgan fingerprint density at radius 3 is 2.73 bits per heavy atom. The Hall–Kier alpha value is -2.77. The summed E-state index contributed by atoms with van der Waals surface area (Å²) in [6.07, 6.45) is 2.33. The molecule has 174 valence electrons. The zero-order valence-corrected chi connectivity index (χ0v) is 20.4. The summed E-state index contributed by atoms with van der Waals surface area (Å²) in [6, 6.07) is 15.6. The molecule has 0 bridgehead atoms. The zero-order valence-electron chi connectivity index (χ0n) is 19.6. The fourth-order valence-electron chi connectivity index (χ4n) is 4.04. The molecule has 1 aromatic heterocycles. The van der Waals surface area contributed by atoms with E-state index in [0.717, 1.165) is 53.7 Å². The van der Waals surface area contributed by atoms with Crippen LogP contribution in [0.2, 0.25) is 0 Å². The van der Waals surface area contributed by atoms with Crippen LogP contribution in [-0.2, 0) is 16.1 Å². The highest BCUT2D eigenvalue weighted by molar-refractivity contribution is 8.00. The molecule has 1 N–H and O–H groups in total. The van der Waals surface area contributed by atoms with Gasteiger partial charge in [-0.05, 0) is 56.9 Å². The maximum Gasteiger partial charge on any atom is 0.242 e. The fourth-order valence-corrected chi connectivity index (χ4v) is 5.24. The maximum absolute atomic E-state index is 13.6. The summed E-state index contributed by atoms with van der Waals surface area (Å²) < 4.78 is 13.5. The largest absolute Gasteiger partial charge is 0.495 e. The second-order valence-corrected chi connectivity index (χ2v) is 9.48. The van der Waals surface area contributed by atoms with Gasteiger partial charge < -0.3 is 19.4 Å². The van der Waals surface area contributed by atoms with Crippen molar-refractivity contribution in [1.82, 2.24) is 9.55 Å². The lowest BCUT2D eigenvalue weighted by molar-refractivity contribution is -0.115. The number of amides is 1. The Bertz CT molecular complexity index is 1110. The average molecular weight is 466 g/mol. The summed E-state index contributed by atoms with van der Waals surface area (Å²) in [5, 5.41) is 3.45.